The number of rotatable bonds is 7. The SMILES string of the molecule is O=C(CCCOc1ccccc1Cl)NC1CCN(C(=O)CCl)CC1. The summed E-state index contributed by atoms with van der Waals surface area (Å²) < 4.78 is 5.56. The van der Waals surface area contributed by atoms with Gasteiger partial charge in [0, 0.05) is 25.6 Å². The fourth-order valence-electron chi connectivity index (χ4n) is 2.63. The summed E-state index contributed by atoms with van der Waals surface area (Å²) in [6.45, 7) is 1.73. The zero-order chi connectivity index (χ0) is 17.4. The van der Waals surface area contributed by atoms with Gasteiger partial charge in [0.25, 0.3) is 0 Å². The summed E-state index contributed by atoms with van der Waals surface area (Å²) in [4.78, 5) is 25.2. The second-order valence-electron chi connectivity index (χ2n) is 5.74. The Morgan fingerprint density at radius 2 is 1.96 bits per heavy atom. The number of amides is 2. The van der Waals surface area contributed by atoms with Gasteiger partial charge >= 0.3 is 0 Å². The molecule has 0 aliphatic carbocycles. The number of alkyl halides is 1. The van der Waals surface area contributed by atoms with Crippen LogP contribution in [0.3, 0.4) is 0 Å². The quantitative estimate of drug-likeness (QED) is 0.591. The van der Waals surface area contributed by atoms with Crippen molar-refractivity contribution in [1.82, 2.24) is 10.2 Å². The predicted octanol–water partition coefficient (Wildman–Crippen LogP) is 2.85. The minimum atomic E-state index is -0.0434. The van der Waals surface area contributed by atoms with Crippen LogP contribution < -0.4 is 10.1 Å². The molecule has 5 nitrogen and oxygen atoms in total. The van der Waals surface area contributed by atoms with Crippen molar-refractivity contribution in [2.24, 2.45) is 0 Å². The molecular weight excluding hydrogens is 351 g/mol. The summed E-state index contributed by atoms with van der Waals surface area (Å²) in [6, 6.07) is 7.40. The van der Waals surface area contributed by atoms with Crippen LogP contribution in [-0.4, -0.2) is 48.3 Å². The molecule has 0 saturated carbocycles. The van der Waals surface area contributed by atoms with Crippen LogP contribution in [0.5, 0.6) is 5.75 Å². The maximum absolute atomic E-state index is 12.0. The number of benzene rings is 1. The molecule has 1 saturated heterocycles. The lowest BCUT2D eigenvalue weighted by atomic mass is 10.0. The van der Waals surface area contributed by atoms with Gasteiger partial charge < -0.3 is 15.0 Å². The number of carbonyl (C=O) groups excluding carboxylic acids is 2. The van der Waals surface area contributed by atoms with Gasteiger partial charge in [-0.05, 0) is 31.4 Å². The summed E-state index contributed by atoms with van der Waals surface area (Å²) in [5.41, 5.74) is 0. The second kappa shape index (κ2) is 9.74. The molecule has 1 heterocycles. The van der Waals surface area contributed by atoms with Gasteiger partial charge in [0.15, 0.2) is 0 Å². The molecule has 7 heteroatoms. The monoisotopic (exact) mass is 372 g/mol. The van der Waals surface area contributed by atoms with Crippen LogP contribution >= 0.6 is 23.2 Å². The van der Waals surface area contributed by atoms with Crippen LogP contribution in [0.25, 0.3) is 0 Å². The van der Waals surface area contributed by atoms with Crippen molar-refractivity contribution in [3.05, 3.63) is 29.3 Å². The molecule has 2 amide bonds. The summed E-state index contributed by atoms with van der Waals surface area (Å²) in [6.07, 6.45) is 2.57. The van der Waals surface area contributed by atoms with Crippen LogP contribution in [0.1, 0.15) is 25.7 Å². The van der Waals surface area contributed by atoms with Gasteiger partial charge in [-0.1, -0.05) is 23.7 Å². The first-order valence-corrected chi connectivity index (χ1v) is 9.02. The van der Waals surface area contributed by atoms with Crippen LogP contribution in [0.4, 0.5) is 0 Å². The fourth-order valence-corrected chi connectivity index (χ4v) is 2.99. The van der Waals surface area contributed by atoms with Gasteiger partial charge in [-0.15, -0.1) is 11.6 Å². The lowest BCUT2D eigenvalue weighted by molar-refractivity contribution is -0.129. The number of likely N-dealkylation sites (tertiary alicyclic amines) is 1. The molecule has 1 fully saturated rings. The molecule has 0 aromatic heterocycles. The smallest absolute Gasteiger partial charge is 0.237 e. The first kappa shape index (κ1) is 18.9. The molecule has 2 rings (SSSR count). The maximum atomic E-state index is 12.0. The lowest BCUT2D eigenvalue weighted by Crippen LogP contribution is -2.46. The van der Waals surface area contributed by atoms with E-state index in [1.54, 1.807) is 17.0 Å². The Labute approximate surface area is 152 Å². The predicted molar refractivity (Wildman–Crippen MR) is 94.6 cm³/mol. The van der Waals surface area contributed by atoms with Gasteiger partial charge in [0.1, 0.15) is 11.6 Å². The van der Waals surface area contributed by atoms with E-state index in [9.17, 15) is 9.59 Å². The van der Waals surface area contributed by atoms with Crippen LogP contribution in [0.2, 0.25) is 5.02 Å². The second-order valence-corrected chi connectivity index (χ2v) is 6.41. The molecule has 0 bridgehead atoms. The molecule has 1 aromatic rings. The Balaban J connectivity index is 1.60. The third-order valence-corrected chi connectivity index (χ3v) is 4.51. The highest BCUT2D eigenvalue weighted by atomic mass is 35.5. The molecule has 132 valence electrons. The molecule has 0 unspecified atom stereocenters. The van der Waals surface area contributed by atoms with Gasteiger partial charge in [-0.3, -0.25) is 9.59 Å². The van der Waals surface area contributed by atoms with Crippen molar-refractivity contribution in [1.29, 1.82) is 0 Å². The van der Waals surface area contributed by atoms with E-state index >= 15 is 0 Å². The van der Waals surface area contributed by atoms with Crippen molar-refractivity contribution in [2.75, 3.05) is 25.6 Å². The summed E-state index contributed by atoms with van der Waals surface area (Å²) in [5, 5.41) is 3.58. The van der Waals surface area contributed by atoms with Crippen molar-refractivity contribution in [3.8, 4) is 5.75 Å². The van der Waals surface area contributed by atoms with E-state index in [-0.39, 0.29) is 23.7 Å². The number of para-hydroxylation sites is 1. The minimum absolute atomic E-state index is 0.0138. The van der Waals surface area contributed by atoms with E-state index in [2.05, 4.69) is 5.32 Å². The highest BCUT2D eigenvalue weighted by Gasteiger charge is 2.23. The Hall–Kier alpha value is -1.46. The average Bonchev–Trinajstić information content (AvgIpc) is 2.60. The van der Waals surface area contributed by atoms with Gasteiger partial charge in [0.05, 0.1) is 11.6 Å². The Morgan fingerprint density at radius 3 is 2.62 bits per heavy atom. The van der Waals surface area contributed by atoms with E-state index < -0.39 is 0 Å². The first-order chi connectivity index (χ1) is 11.6. The maximum Gasteiger partial charge on any atom is 0.237 e. The van der Waals surface area contributed by atoms with E-state index in [0.29, 0.717) is 43.3 Å². The fraction of sp³-hybridized carbons (Fsp3) is 0.529. The molecule has 1 aliphatic rings. The zero-order valence-corrected chi connectivity index (χ0v) is 15.0. The molecule has 1 aromatic carbocycles. The summed E-state index contributed by atoms with van der Waals surface area (Å²) in [5.74, 6) is 0.622. The van der Waals surface area contributed by atoms with E-state index in [0.717, 1.165) is 12.8 Å². The summed E-state index contributed by atoms with van der Waals surface area (Å²) >= 11 is 11.5. The van der Waals surface area contributed by atoms with Crippen molar-refractivity contribution in [3.63, 3.8) is 0 Å². The van der Waals surface area contributed by atoms with Crippen LogP contribution in [0.15, 0.2) is 24.3 Å². The normalized spacial score (nSPS) is 15.2. The molecule has 0 atom stereocenters. The van der Waals surface area contributed by atoms with Gasteiger partial charge in [-0.25, -0.2) is 0 Å². The largest absolute Gasteiger partial charge is 0.492 e. The van der Waals surface area contributed by atoms with E-state index in [1.807, 2.05) is 12.1 Å². The molecule has 1 aliphatic heterocycles. The number of carbonyl (C=O) groups is 2. The van der Waals surface area contributed by atoms with Crippen LogP contribution in [-0.2, 0) is 9.59 Å². The Kier molecular flexibility index (Phi) is 7.66. The molecule has 0 radical (unpaired) electrons. The Morgan fingerprint density at radius 1 is 1.25 bits per heavy atom. The highest BCUT2D eigenvalue weighted by molar-refractivity contribution is 6.32. The highest BCUT2D eigenvalue weighted by Crippen LogP contribution is 2.23. The number of piperidine rings is 1. The van der Waals surface area contributed by atoms with E-state index in [1.165, 1.54) is 0 Å². The van der Waals surface area contributed by atoms with Crippen molar-refractivity contribution in [2.45, 2.75) is 31.7 Å². The van der Waals surface area contributed by atoms with Gasteiger partial charge in [0.2, 0.25) is 11.8 Å². The molecule has 0 spiro atoms. The topological polar surface area (TPSA) is 58.6 Å². The molecule has 1 N–H and O–H groups in total. The summed E-state index contributed by atoms with van der Waals surface area (Å²) in [7, 11) is 0. The van der Waals surface area contributed by atoms with Crippen molar-refractivity contribution >= 4 is 35.0 Å². The average molecular weight is 373 g/mol. The number of halogens is 2. The van der Waals surface area contributed by atoms with Gasteiger partial charge in [-0.2, -0.15) is 0 Å². The van der Waals surface area contributed by atoms with Crippen molar-refractivity contribution < 1.29 is 14.3 Å². The molecular formula is C17H22Cl2N2O3. The Bertz CT molecular complexity index is 561. The number of nitrogens with one attached hydrogen (secondary N) is 1. The van der Waals surface area contributed by atoms with Crippen LogP contribution in [0, 0.1) is 0 Å². The number of hydrogen-bond donors (Lipinski definition) is 1. The number of hydrogen-bond acceptors (Lipinski definition) is 3. The first-order valence-electron chi connectivity index (χ1n) is 8.10. The number of ether oxygens (including phenoxy) is 1. The van der Waals surface area contributed by atoms with E-state index in [4.69, 9.17) is 27.9 Å². The minimum Gasteiger partial charge on any atom is -0.492 e. The lowest BCUT2D eigenvalue weighted by Gasteiger charge is -2.32. The number of nitrogens with zero attached hydrogens (tertiary/aromatic N) is 1. The molecule has 24 heavy (non-hydrogen) atoms. The third kappa shape index (κ3) is 5.87. The third-order valence-electron chi connectivity index (χ3n) is 3.97. The zero-order valence-electron chi connectivity index (χ0n) is 13.5. The standard InChI is InChI=1S/C17H22Cl2N2O3/c18-12-17(23)21-9-7-13(8-10-21)20-16(22)6-3-11-24-15-5-2-1-4-14(15)19/h1-2,4-5,13H,3,6-12H2,(H,20,22).